The Morgan fingerprint density at radius 3 is 2.39 bits per heavy atom. The van der Waals surface area contributed by atoms with Crippen molar-refractivity contribution in [1.29, 1.82) is 5.26 Å². The highest BCUT2D eigenvalue weighted by Gasteiger charge is 2.56. The number of rotatable bonds is 4. The molecule has 4 aromatic carbocycles. The number of allylic oxidation sites excluding steroid dienone is 2. The molecular formula is C36H32BNO3. The van der Waals surface area contributed by atoms with Crippen LogP contribution in [-0.2, 0) is 10.1 Å². The van der Waals surface area contributed by atoms with E-state index in [1.165, 1.54) is 5.56 Å². The van der Waals surface area contributed by atoms with Crippen LogP contribution in [0.2, 0.25) is 0 Å². The van der Waals surface area contributed by atoms with Crippen LogP contribution in [0.4, 0.5) is 0 Å². The Balaban J connectivity index is 1.53. The molecule has 1 heterocycles. The van der Waals surface area contributed by atoms with Crippen LogP contribution in [0, 0.1) is 17.2 Å². The first-order valence-corrected chi connectivity index (χ1v) is 14.2. The molecule has 4 nitrogen and oxygen atoms in total. The Morgan fingerprint density at radius 1 is 0.878 bits per heavy atom. The third kappa shape index (κ3) is 3.61. The smallest absolute Gasteiger partial charge is 0.309 e. The van der Waals surface area contributed by atoms with Crippen LogP contribution in [0.15, 0.2) is 97.1 Å². The van der Waals surface area contributed by atoms with Crippen LogP contribution in [0.5, 0.6) is 5.75 Å². The summed E-state index contributed by atoms with van der Waals surface area (Å²) in [5, 5.41) is 23.0. The van der Waals surface area contributed by atoms with Gasteiger partial charge in [-0.25, -0.2) is 0 Å². The summed E-state index contributed by atoms with van der Waals surface area (Å²) in [5.41, 5.74) is 5.24. The molecule has 0 radical (unpaired) electrons. The SMILES string of the molecule is CC(C)(O)C(C)(C)OBc1ccc2c(c1)-c1c(cc(C#N)c3ccccc13)C21c2ccccc2OC2C=CC=CC21. The standard InChI is InChI=1S/C36H32BNO3/c1-34(2,39)35(3,4)41-37-23-17-18-27-26(20-23)33-25-12-6-5-11-24(25)22(21-38)19-30(33)36(27)28-13-7-9-15-31(28)40-32-16-10-8-14-29(32)36/h5-20,28,31,37,39H,1-4H3. The summed E-state index contributed by atoms with van der Waals surface area (Å²) in [6, 6.07) is 27.8. The lowest BCUT2D eigenvalue weighted by Gasteiger charge is -2.47. The third-order valence-electron chi connectivity index (χ3n) is 9.60. The van der Waals surface area contributed by atoms with Crippen molar-refractivity contribution in [1.82, 2.24) is 0 Å². The summed E-state index contributed by atoms with van der Waals surface area (Å²) in [6.45, 7) is 7.40. The largest absolute Gasteiger partial charge is 0.485 e. The van der Waals surface area contributed by atoms with Gasteiger partial charge in [0.2, 0.25) is 0 Å². The van der Waals surface area contributed by atoms with Crippen LogP contribution in [0.1, 0.15) is 49.9 Å². The molecule has 41 heavy (non-hydrogen) atoms. The fourth-order valence-electron chi connectivity index (χ4n) is 6.85. The molecule has 2 aliphatic carbocycles. The summed E-state index contributed by atoms with van der Waals surface area (Å²) in [6.07, 6.45) is 8.45. The summed E-state index contributed by atoms with van der Waals surface area (Å²) in [7, 11) is 0.370. The van der Waals surface area contributed by atoms with Gasteiger partial charge in [0.05, 0.1) is 28.2 Å². The van der Waals surface area contributed by atoms with Crippen molar-refractivity contribution in [2.45, 2.75) is 50.4 Å². The monoisotopic (exact) mass is 537 g/mol. The first-order valence-electron chi connectivity index (χ1n) is 14.2. The van der Waals surface area contributed by atoms with E-state index < -0.39 is 16.6 Å². The molecule has 1 spiro atoms. The predicted molar refractivity (Wildman–Crippen MR) is 165 cm³/mol. The zero-order valence-corrected chi connectivity index (χ0v) is 23.8. The number of benzene rings is 4. The van der Waals surface area contributed by atoms with Crippen molar-refractivity contribution in [2.75, 3.05) is 0 Å². The molecule has 3 atom stereocenters. The number of para-hydroxylation sites is 1. The van der Waals surface area contributed by atoms with Gasteiger partial charge < -0.3 is 14.5 Å². The lowest BCUT2D eigenvalue weighted by Crippen LogP contribution is -2.49. The highest BCUT2D eigenvalue weighted by Crippen LogP contribution is 2.62. The van der Waals surface area contributed by atoms with Crippen molar-refractivity contribution in [2.24, 2.45) is 5.92 Å². The fourth-order valence-corrected chi connectivity index (χ4v) is 6.85. The zero-order valence-electron chi connectivity index (χ0n) is 23.8. The van der Waals surface area contributed by atoms with E-state index >= 15 is 0 Å². The maximum Gasteiger partial charge on any atom is 0.309 e. The number of aliphatic hydroxyl groups is 1. The van der Waals surface area contributed by atoms with Crippen LogP contribution < -0.4 is 10.2 Å². The van der Waals surface area contributed by atoms with Crippen LogP contribution >= 0.6 is 0 Å². The highest BCUT2D eigenvalue weighted by molar-refractivity contribution is 6.47. The van der Waals surface area contributed by atoms with Gasteiger partial charge in [-0.3, -0.25) is 0 Å². The number of hydrogen-bond donors (Lipinski definition) is 1. The van der Waals surface area contributed by atoms with Crippen molar-refractivity contribution in [3.8, 4) is 22.9 Å². The van der Waals surface area contributed by atoms with Gasteiger partial charge in [-0.1, -0.05) is 84.4 Å². The number of nitriles is 1. The molecule has 1 aliphatic heterocycles. The lowest BCUT2D eigenvalue weighted by atomic mass is 9.60. The second kappa shape index (κ2) is 8.95. The average Bonchev–Trinajstić information content (AvgIpc) is 3.25. The molecule has 7 rings (SSSR count). The Morgan fingerprint density at radius 2 is 1.61 bits per heavy atom. The second-order valence-electron chi connectivity index (χ2n) is 12.4. The van der Waals surface area contributed by atoms with Gasteiger partial charge in [0, 0.05) is 16.9 Å². The van der Waals surface area contributed by atoms with Gasteiger partial charge in [0.15, 0.2) is 0 Å². The first kappa shape index (κ1) is 25.8. The molecule has 3 aliphatic rings. The summed E-state index contributed by atoms with van der Waals surface area (Å²) < 4.78 is 12.9. The van der Waals surface area contributed by atoms with E-state index in [0.29, 0.717) is 13.0 Å². The van der Waals surface area contributed by atoms with Crippen molar-refractivity contribution >= 4 is 23.7 Å². The van der Waals surface area contributed by atoms with Crippen molar-refractivity contribution in [3.05, 3.63) is 119 Å². The molecule has 0 fully saturated rings. The quantitative estimate of drug-likeness (QED) is 0.321. The molecule has 0 aromatic heterocycles. The molecule has 0 saturated heterocycles. The predicted octanol–water partition coefficient (Wildman–Crippen LogP) is 6.07. The van der Waals surface area contributed by atoms with Crippen LogP contribution in [-0.4, -0.2) is 29.9 Å². The van der Waals surface area contributed by atoms with E-state index in [1.807, 2.05) is 32.0 Å². The number of fused-ring (bicyclic) bond motifs is 11. The summed E-state index contributed by atoms with van der Waals surface area (Å²) >= 11 is 0. The minimum absolute atomic E-state index is 0.00586. The maximum absolute atomic E-state index is 10.7. The van der Waals surface area contributed by atoms with E-state index in [9.17, 15) is 10.4 Å². The van der Waals surface area contributed by atoms with Crippen molar-refractivity contribution < 1.29 is 14.5 Å². The van der Waals surface area contributed by atoms with Gasteiger partial charge in [-0.2, -0.15) is 5.26 Å². The van der Waals surface area contributed by atoms with E-state index in [-0.39, 0.29) is 12.0 Å². The third-order valence-corrected chi connectivity index (χ3v) is 9.60. The Labute approximate surface area is 241 Å². The van der Waals surface area contributed by atoms with Gasteiger partial charge >= 0.3 is 7.48 Å². The van der Waals surface area contributed by atoms with Crippen LogP contribution in [0.25, 0.3) is 21.9 Å². The second-order valence-corrected chi connectivity index (χ2v) is 12.4. The highest BCUT2D eigenvalue weighted by atomic mass is 16.5. The number of ether oxygens (including phenoxy) is 1. The maximum atomic E-state index is 10.7. The van der Waals surface area contributed by atoms with E-state index in [2.05, 4.69) is 85.0 Å². The molecular weight excluding hydrogens is 505 g/mol. The molecule has 0 bridgehead atoms. The minimum Gasteiger partial charge on any atom is -0.485 e. The molecule has 5 heteroatoms. The van der Waals surface area contributed by atoms with E-state index in [0.717, 1.165) is 44.2 Å². The van der Waals surface area contributed by atoms with Crippen LogP contribution in [0.3, 0.4) is 0 Å². The summed E-state index contributed by atoms with van der Waals surface area (Å²) in [5.74, 6) is 0.879. The molecule has 0 saturated carbocycles. The Bertz CT molecular complexity index is 1820. The van der Waals surface area contributed by atoms with E-state index in [1.54, 1.807) is 13.8 Å². The Hall–Kier alpha value is -4.11. The topological polar surface area (TPSA) is 62.5 Å². The zero-order chi connectivity index (χ0) is 28.6. The average molecular weight is 537 g/mol. The number of hydrogen-bond acceptors (Lipinski definition) is 4. The number of nitrogens with zero attached hydrogens (tertiary/aromatic N) is 1. The van der Waals surface area contributed by atoms with Gasteiger partial charge in [-0.05, 0) is 73.5 Å². The van der Waals surface area contributed by atoms with Crippen molar-refractivity contribution in [3.63, 3.8) is 0 Å². The summed E-state index contributed by atoms with van der Waals surface area (Å²) in [4.78, 5) is 0. The van der Waals surface area contributed by atoms with Gasteiger partial charge in [0.25, 0.3) is 0 Å². The minimum atomic E-state index is -0.994. The molecule has 202 valence electrons. The normalized spacial score (nSPS) is 22.0. The van der Waals surface area contributed by atoms with Gasteiger partial charge in [0.1, 0.15) is 11.9 Å². The molecule has 0 amide bonds. The molecule has 4 aromatic rings. The fraction of sp³-hybridized carbons (Fsp3) is 0.250. The van der Waals surface area contributed by atoms with E-state index in [4.69, 9.17) is 9.39 Å². The first-order chi connectivity index (χ1) is 19.7. The van der Waals surface area contributed by atoms with Gasteiger partial charge in [-0.15, -0.1) is 0 Å². The molecule has 1 N–H and O–H groups in total. The molecule has 3 unspecified atom stereocenters. The Kier molecular flexibility index (Phi) is 5.64. The lowest BCUT2D eigenvalue weighted by molar-refractivity contribution is -0.0893.